The molecule has 2 N–H and O–H groups in total. The van der Waals surface area contributed by atoms with Gasteiger partial charge in [0.15, 0.2) is 5.96 Å². The van der Waals surface area contributed by atoms with Crippen LogP contribution in [0.4, 0.5) is 0 Å². The van der Waals surface area contributed by atoms with Crippen LogP contribution in [-0.4, -0.2) is 75.7 Å². The SMILES string of the molecule is CN=C(NCCCN1CCCN(C)CC1)NCC(C)c1ccsc1.I. The first-order valence-corrected chi connectivity index (χ1v) is 10.0. The smallest absolute Gasteiger partial charge is 0.190 e. The zero-order chi connectivity index (χ0) is 17.2. The zero-order valence-corrected chi connectivity index (χ0v) is 19.0. The van der Waals surface area contributed by atoms with Crippen molar-refractivity contribution in [1.29, 1.82) is 0 Å². The van der Waals surface area contributed by atoms with E-state index in [4.69, 9.17) is 0 Å². The van der Waals surface area contributed by atoms with Gasteiger partial charge in [0.2, 0.25) is 0 Å². The summed E-state index contributed by atoms with van der Waals surface area (Å²) in [4.78, 5) is 9.34. The van der Waals surface area contributed by atoms with E-state index in [1.165, 1.54) is 44.7 Å². The van der Waals surface area contributed by atoms with Crippen LogP contribution >= 0.6 is 35.3 Å². The molecule has 7 heteroatoms. The lowest BCUT2D eigenvalue weighted by atomic mass is 10.1. The minimum atomic E-state index is 0. The maximum atomic E-state index is 4.33. The summed E-state index contributed by atoms with van der Waals surface area (Å²) in [6.45, 7) is 10.2. The van der Waals surface area contributed by atoms with Crippen LogP contribution in [0.25, 0.3) is 0 Å². The molecule has 1 unspecified atom stereocenters. The lowest BCUT2D eigenvalue weighted by Crippen LogP contribution is -2.40. The molecule has 2 rings (SSSR count). The molecule has 1 aliphatic rings. The molecule has 0 aromatic carbocycles. The van der Waals surface area contributed by atoms with Crippen LogP contribution in [0.2, 0.25) is 0 Å². The number of guanidine groups is 1. The van der Waals surface area contributed by atoms with Gasteiger partial charge in [0.05, 0.1) is 0 Å². The molecule has 0 aliphatic carbocycles. The summed E-state index contributed by atoms with van der Waals surface area (Å²) in [5.74, 6) is 1.41. The van der Waals surface area contributed by atoms with Crippen LogP contribution in [0.1, 0.15) is 31.2 Å². The van der Waals surface area contributed by atoms with Gasteiger partial charge in [0.25, 0.3) is 0 Å². The van der Waals surface area contributed by atoms with E-state index in [2.05, 4.69) is 56.2 Å². The van der Waals surface area contributed by atoms with Crippen molar-refractivity contribution in [2.24, 2.45) is 4.99 Å². The molecule has 1 aromatic rings. The summed E-state index contributed by atoms with van der Waals surface area (Å²) in [6.07, 6.45) is 2.44. The second-order valence-electron chi connectivity index (χ2n) is 6.69. The highest BCUT2D eigenvalue weighted by Gasteiger charge is 2.11. The third-order valence-electron chi connectivity index (χ3n) is 4.67. The number of hydrogen-bond acceptors (Lipinski definition) is 4. The Labute approximate surface area is 174 Å². The molecule has 2 heterocycles. The lowest BCUT2D eigenvalue weighted by Gasteiger charge is -2.20. The number of thiophene rings is 1. The van der Waals surface area contributed by atoms with Gasteiger partial charge in [-0.3, -0.25) is 4.99 Å². The minimum absolute atomic E-state index is 0. The number of nitrogens with one attached hydrogen (secondary N) is 2. The average Bonchev–Trinajstić information content (AvgIpc) is 3.05. The van der Waals surface area contributed by atoms with E-state index in [-0.39, 0.29) is 24.0 Å². The van der Waals surface area contributed by atoms with Crippen LogP contribution in [0.3, 0.4) is 0 Å². The molecular weight excluding hydrogens is 445 g/mol. The van der Waals surface area contributed by atoms with Crippen molar-refractivity contribution in [3.05, 3.63) is 22.4 Å². The lowest BCUT2D eigenvalue weighted by molar-refractivity contribution is 0.274. The van der Waals surface area contributed by atoms with Crippen molar-refractivity contribution in [1.82, 2.24) is 20.4 Å². The number of nitrogens with zero attached hydrogens (tertiary/aromatic N) is 3. The predicted molar refractivity (Wildman–Crippen MR) is 121 cm³/mol. The Bertz CT molecular complexity index is 480. The standard InChI is InChI=1S/C18H33N5S.HI/c1-16(17-6-13-24-15-17)14-21-18(19-2)20-7-4-9-23-10-5-8-22(3)11-12-23;/h6,13,15-16H,4-5,7-12,14H2,1-3H3,(H2,19,20,21);1H. The van der Waals surface area contributed by atoms with Gasteiger partial charge < -0.3 is 20.4 Å². The molecule has 144 valence electrons. The van der Waals surface area contributed by atoms with Gasteiger partial charge in [-0.15, -0.1) is 24.0 Å². The Morgan fingerprint density at radius 1 is 1.28 bits per heavy atom. The Morgan fingerprint density at radius 3 is 2.84 bits per heavy atom. The fraction of sp³-hybridized carbons (Fsp3) is 0.722. The molecule has 0 amide bonds. The Kier molecular flexibility index (Phi) is 11.7. The minimum Gasteiger partial charge on any atom is -0.356 e. The molecule has 0 spiro atoms. The van der Waals surface area contributed by atoms with E-state index >= 15 is 0 Å². The van der Waals surface area contributed by atoms with E-state index in [0.29, 0.717) is 5.92 Å². The van der Waals surface area contributed by atoms with Crippen LogP contribution in [0.15, 0.2) is 21.8 Å². The van der Waals surface area contributed by atoms with Gasteiger partial charge in [-0.1, -0.05) is 6.92 Å². The Hall–Kier alpha value is -0.380. The molecule has 0 bridgehead atoms. The molecule has 1 aliphatic heterocycles. The Morgan fingerprint density at radius 2 is 2.12 bits per heavy atom. The van der Waals surface area contributed by atoms with E-state index in [0.717, 1.165) is 25.5 Å². The maximum Gasteiger partial charge on any atom is 0.190 e. The van der Waals surface area contributed by atoms with Crippen LogP contribution in [0.5, 0.6) is 0 Å². The topological polar surface area (TPSA) is 42.9 Å². The summed E-state index contributed by atoms with van der Waals surface area (Å²) in [5.41, 5.74) is 1.40. The van der Waals surface area contributed by atoms with Gasteiger partial charge in [-0.05, 0) is 67.8 Å². The summed E-state index contributed by atoms with van der Waals surface area (Å²) < 4.78 is 0. The number of hydrogen-bond donors (Lipinski definition) is 2. The van der Waals surface area contributed by atoms with Crippen molar-refractivity contribution in [3.8, 4) is 0 Å². The average molecular weight is 479 g/mol. The predicted octanol–water partition coefficient (Wildman–Crippen LogP) is 2.66. The Balaban J connectivity index is 0.00000312. The highest BCUT2D eigenvalue weighted by molar-refractivity contribution is 14.0. The monoisotopic (exact) mass is 479 g/mol. The van der Waals surface area contributed by atoms with Gasteiger partial charge in [-0.25, -0.2) is 0 Å². The molecule has 1 aromatic heterocycles. The first kappa shape index (κ1) is 22.7. The second-order valence-corrected chi connectivity index (χ2v) is 7.47. The molecule has 0 radical (unpaired) electrons. The third-order valence-corrected chi connectivity index (χ3v) is 5.37. The molecule has 25 heavy (non-hydrogen) atoms. The molecule has 1 saturated heterocycles. The van der Waals surface area contributed by atoms with Gasteiger partial charge >= 0.3 is 0 Å². The van der Waals surface area contributed by atoms with E-state index in [9.17, 15) is 0 Å². The quantitative estimate of drug-likeness (QED) is 0.273. The maximum absolute atomic E-state index is 4.33. The summed E-state index contributed by atoms with van der Waals surface area (Å²) in [7, 11) is 4.06. The van der Waals surface area contributed by atoms with Crippen LogP contribution in [0, 0.1) is 0 Å². The summed E-state index contributed by atoms with van der Waals surface area (Å²) in [6, 6.07) is 2.20. The molecule has 1 fully saturated rings. The highest BCUT2D eigenvalue weighted by Crippen LogP contribution is 2.16. The van der Waals surface area contributed by atoms with Gasteiger partial charge in [0, 0.05) is 33.2 Å². The van der Waals surface area contributed by atoms with Crippen molar-refractivity contribution in [2.75, 3.05) is 59.9 Å². The fourth-order valence-electron chi connectivity index (χ4n) is 2.98. The first-order chi connectivity index (χ1) is 11.7. The van der Waals surface area contributed by atoms with E-state index in [1.807, 2.05) is 7.05 Å². The van der Waals surface area contributed by atoms with Crippen molar-refractivity contribution in [3.63, 3.8) is 0 Å². The number of halogens is 1. The first-order valence-electron chi connectivity index (χ1n) is 9.06. The number of likely N-dealkylation sites (N-methyl/N-ethyl adjacent to an activating group) is 1. The fourth-order valence-corrected chi connectivity index (χ4v) is 3.76. The third kappa shape index (κ3) is 8.70. The zero-order valence-electron chi connectivity index (χ0n) is 15.8. The molecule has 0 saturated carbocycles. The number of aliphatic imine (C=N–C) groups is 1. The molecule has 1 atom stereocenters. The van der Waals surface area contributed by atoms with Crippen molar-refractivity contribution < 1.29 is 0 Å². The van der Waals surface area contributed by atoms with E-state index in [1.54, 1.807) is 11.3 Å². The van der Waals surface area contributed by atoms with Crippen LogP contribution in [-0.2, 0) is 0 Å². The van der Waals surface area contributed by atoms with Crippen molar-refractivity contribution in [2.45, 2.75) is 25.7 Å². The number of rotatable bonds is 7. The second kappa shape index (κ2) is 12.9. The summed E-state index contributed by atoms with van der Waals surface area (Å²) in [5, 5.41) is 11.2. The molecule has 5 nitrogen and oxygen atoms in total. The normalized spacial score (nSPS) is 18.3. The van der Waals surface area contributed by atoms with Crippen LogP contribution < -0.4 is 10.6 Å². The van der Waals surface area contributed by atoms with Gasteiger partial charge in [-0.2, -0.15) is 11.3 Å². The summed E-state index contributed by atoms with van der Waals surface area (Å²) >= 11 is 1.76. The largest absolute Gasteiger partial charge is 0.356 e. The highest BCUT2D eigenvalue weighted by atomic mass is 127. The van der Waals surface area contributed by atoms with Gasteiger partial charge in [0.1, 0.15) is 0 Å². The van der Waals surface area contributed by atoms with Crippen molar-refractivity contribution >= 4 is 41.3 Å². The molecular formula is C18H34IN5S. The van der Waals surface area contributed by atoms with E-state index < -0.39 is 0 Å².